The van der Waals surface area contributed by atoms with Gasteiger partial charge in [-0.25, -0.2) is 4.79 Å². The zero-order valence-corrected chi connectivity index (χ0v) is 8.94. The largest absolute Gasteiger partial charge is 0.506 e. The van der Waals surface area contributed by atoms with E-state index in [-0.39, 0.29) is 16.3 Å². The molecule has 0 radical (unpaired) electrons. The van der Waals surface area contributed by atoms with E-state index in [9.17, 15) is 9.90 Å². The Hall–Kier alpha value is -1.94. The minimum Gasteiger partial charge on any atom is -0.506 e. The Labute approximate surface area is 97.0 Å². The number of benzene rings is 1. The second-order valence-corrected chi connectivity index (χ2v) is 3.14. The number of halogens is 1. The Bertz CT molecular complexity index is 452. The van der Waals surface area contributed by atoms with Gasteiger partial charge in [-0.05, 0) is 18.2 Å². The van der Waals surface area contributed by atoms with Crippen LogP contribution in [0.4, 0.5) is 0 Å². The molecule has 0 aliphatic rings. The van der Waals surface area contributed by atoms with Gasteiger partial charge in [0, 0.05) is 0 Å². The monoisotopic (exact) mass is 240 g/mol. The molecule has 0 saturated carbocycles. The van der Waals surface area contributed by atoms with Gasteiger partial charge in [-0.3, -0.25) is 0 Å². The molecule has 16 heavy (non-hydrogen) atoms. The first-order valence-electron chi connectivity index (χ1n) is 4.27. The predicted octanol–water partition coefficient (Wildman–Crippen LogP) is 2.61. The molecular formula is C11H9ClO4. The van der Waals surface area contributed by atoms with E-state index >= 15 is 0 Å². The van der Waals surface area contributed by atoms with Gasteiger partial charge in [-0.15, -0.1) is 0 Å². The third-order valence-electron chi connectivity index (χ3n) is 1.71. The van der Waals surface area contributed by atoms with Crippen molar-refractivity contribution in [3.63, 3.8) is 0 Å². The first-order chi connectivity index (χ1) is 7.57. The van der Waals surface area contributed by atoms with Crippen molar-refractivity contribution >= 4 is 17.6 Å². The molecule has 0 saturated heterocycles. The van der Waals surface area contributed by atoms with Crippen LogP contribution in [-0.4, -0.2) is 16.2 Å². The minimum absolute atomic E-state index is 0.128. The molecule has 1 aromatic carbocycles. The number of phenols is 2. The van der Waals surface area contributed by atoms with Crippen LogP contribution < -0.4 is 0 Å². The molecule has 0 bridgehead atoms. The van der Waals surface area contributed by atoms with Gasteiger partial charge >= 0.3 is 5.97 Å². The molecule has 0 aliphatic heterocycles. The normalized spacial score (nSPS) is 10.3. The number of aromatic hydroxyl groups is 2. The lowest BCUT2D eigenvalue weighted by Crippen LogP contribution is -2.01. The molecular weight excluding hydrogens is 232 g/mol. The maximum atomic E-state index is 11.4. The van der Waals surface area contributed by atoms with Gasteiger partial charge in [-0.1, -0.05) is 24.3 Å². The van der Waals surface area contributed by atoms with Crippen LogP contribution in [-0.2, 0) is 4.74 Å². The summed E-state index contributed by atoms with van der Waals surface area (Å²) in [5.74, 6) is -1.60. The van der Waals surface area contributed by atoms with Crippen molar-refractivity contribution in [3.8, 4) is 11.5 Å². The van der Waals surface area contributed by atoms with Crippen molar-refractivity contribution in [3.05, 3.63) is 47.7 Å². The van der Waals surface area contributed by atoms with Gasteiger partial charge in [-0.2, -0.15) is 0 Å². The average molecular weight is 241 g/mol. The fourth-order valence-corrected chi connectivity index (χ4v) is 1.10. The Morgan fingerprint density at radius 1 is 1.44 bits per heavy atom. The van der Waals surface area contributed by atoms with E-state index in [1.807, 2.05) is 0 Å². The second kappa shape index (κ2) is 5.23. The van der Waals surface area contributed by atoms with Crippen LogP contribution in [0.2, 0.25) is 5.02 Å². The number of carbonyl (C=O) groups is 1. The lowest BCUT2D eigenvalue weighted by Gasteiger charge is -2.05. The quantitative estimate of drug-likeness (QED) is 0.484. The van der Waals surface area contributed by atoms with Crippen LogP contribution >= 0.6 is 11.6 Å². The van der Waals surface area contributed by atoms with Crippen molar-refractivity contribution in [2.45, 2.75) is 0 Å². The molecule has 0 spiro atoms. The fraction of sp³-hybridized carbons (Fsp3) is 0. The molecule has 0 unspecified atom stereocenters. The lowest BCUT2D eigenvalue weighted by molar-refractivity contribution is 0.0660. The summed E-state index contributed by atoms with van der Waals surface area (Å²) in [5, 5.41) is 18.3. The number of hydrogen-bond acceptors (Lipinski definition) is 4. The van der Waals surface area contributed by atoms with E-state index in [1.54, 1.807) is 0 Å². The number of carbonyl (C=O) groups excluding carboxylic acids is 1. The average Bonchev–Trinajstić information content (AvgIpc) is 2.26. The van der Waals surface area contributed by atoms with Crippen molar-refractivity contribution < 1.29 is 19.7 Å². The van der Waals surface area contributed by atoms with Crippen LogP contribution in [0.1, 0.15) is 10.4 Å². The molecule has 1 aromatic rings. The maximum Gasteiger partial charge on any atom is 0.346 e. The highest BCUT2D eigenvalue weighted by Gasteiger charge is 2.16. The van der Waals surface area contributed by atoms with Gasteiger partial charge in [0.15, 0.2) is 5.75 Å². The summed E-state index contributed by atoms with van der Waals surface area (Å²) < 4.78 is 4.65. The third-order valence-corrected chi connectivity index (χ3v) is 2.08. The van der Waals surface area contributed by atoms with Gasteiger partial charge in [0.2, 0.25) is 0 Å². The van der Waals surface area contributed by atoms with Crippen LogP contribution in [0.25, 0.3) is 0 Å². The predicted molar refractivity (Wildman–Crippen MR) is 59.5 cm³/mol. The Morgan fingerprint density at radius 2 is 2.12 bits per heavy atom. The highest BCUT2D eigenvalue weighted by atomic mass is 35.5. The first-order valence-corrected chi connectivity index (χ1v) is 4.64. The summed E-state index contributed by atoms with van der Waals surface area (Å²) >= 11 is 5.55. The fourth-order valence-electron chi connectivity index (χ4n) is 0.939. The van der Waals surface area contributed by atoms with Crippen LogP contribution in [0, 0.1) is 0 Å². The summed E-state index contributed by atoms with van der Waals surface area (Å²) in [6.07, 6.45) is 3.96. The molecule has 5 heteroatoms. The van der Waals surface area contributed by atoms with E-state index < -0.39 is 11.7 Å². The number of rotatable bonds is 3. The van der Waals surface area contributed by atoms with Crippen molar-refractivity contribution in [1.29, 1.82) is 0 Å². The summed E-state index contributed by atoms with van der Waals surface area (Å²) in [4.78, 5) is 11.4. The standard InChI is InChI=1S/C11H9ClO4/c1-2-3-6-16-11(15)7-4-5-8(13)9(12)10(7)14/h2-6,13-14H,1H2/b6-3+. The lowest BCUT2D eigenvalue weighted by atomic mass is 10.2. The number of esters is 1. The maximum absolute atomic E-state index is 11.4. The molecule has 2 N–H and O–H groups in total. The highest BCUT2D eigenvalue weighted by molar-refractivity contribution is 6.34. The smallest absolute Gasteiger partial charge is 0.346 e. The van der Waals surface area contributed by atoms with E-state index in [0.717, 1.165) is 6.26 Å². The van der Waals surface area contributed by atoms with Crippen LogP contribution in [0.3, 0.4) is 0 Å². The minimum atomic E-state index is -0.780. The Kier molecular flexibility index (Phi) is 3.96. The zero-order valence-electron chi connectivity index (χ0n) is 8.18. The SMILES string of the molecule is C=C/C=C/OC(=O)c1ccc(O)c(Cl)c1O. The van der Waals surface area contributed by atoms with Crippen molar-refractivity contribution in [2.24, 2.45) is 0 Å². The Morgan fingerprint density at radius 3 is 2.75 bits per heavy atom. The summed E-state index contributed by atoms with van der Waals surface area (Å²) in [6.45, 7) is 3.39. The topological polar surface area (TPSA) is 66.8 Å². The van der Waals surface area contributed by atoms with E-state index in [4.69, 9.17) is 16.7 Å². The number of hydrogen-bond donors (Lipinski definition) is 2. The number of allylic oxidation sites excluding steroid dienone is 2. The molecule has 84 valence electrons. The molecule has 1 rings (SSSR count). The van der Waals surface area contributed by atoms with Gasteiger partial charge < -0.3 is 14.9 Å². The van der Waals surface area contributed by atoms with Gasteiger partial charge in [0.25, 0.3) is 0 Å². The summed E-state index contributed by atoms with van der Waals surface area (Å²) in [5.41, 5.74) is -0.128. The molecule has 0 aliphatic carbocycles. The van der Waals surface area contributed by atoms with E-state index in [0.29, 0.717) is 0 Å². The molecule has 0 aromatic heterocycles. The third kappa shape index (κ3) is 2.55. The molecule has 0 heterocycles. The van der Waals surface area contributed by atoms with Gasteiger partial charge in [0.1, 0.15) is 16.3 Å². The van der Waals surface area contributed by atoms with Crippen molar-refractivity contribution in [1.82, 2.24) is 0 Å². The second-order valence-electron chi connectivity index (χ2n) is 2.76. The van der Waals surface area contributed by atoms with E-state index in [2.05, 4.69) is 11.3 Å². The first kappa shape index (κ1) is 12.1. The van der Waals surface area contributed by atoms with Crippen LogP contribution in [0.5, 0.6) is 11.5 Å². The Balaban J connectivity index is 2.96. The van der Waals surface area contributed by atoms with Gasteiger partial charge in [0.05, 0.1) is 6.26 Å². The molecule has 0 fully saturated rings. The summed E-state index contributed by atoms with van der Waals surface area (Å²) in [6, 6.07) is 2.40. The van der Waals surface area contributed by atoms with Crippen LogP contribution in [0.15, 0.2) is 37.1 Å². The molecule has 4 nitrogen and oxygen atoms in total. The van der Waals surface area contributed by atoms with Crippen molar-refractivity contribution in [2.75, 3.05) is 0 Å². The summed E-state index contributed by atoms with van der Waals surface area (Å²) in [7, 11) is 0. The molecule has 0 amide bonds. The molecule has 0 atom stereocenters. The number of ether oxygens (including phenoxy) is 1. The number of phenolic OH excluding ortho intramolecular Hbond substituents is 2. The highest BCUT2D eigenvalue weighted by Crippen LogP contribution is 2.35. The zero-order chi connectivity index (χ0) is 12.1. The van der Waals surface area contributed by atoms with E-state index in [1.165, 1.54) is 24.3 Å².